The average Bonchev–Trinajstić information content (AvgIpc) is 2.79. The predicted molar refractivity (Wildman–Crippen MR) is 87.3 cm³/mol. The highest BCUT2D eigenvalue weighted by Crippen LogP contribution is 2.49. The minimum atomic E-state index is -0.700. The Bertz CT molecular complexity index is 783. The van der Waals surface area contributed by atoms with Crippen LogP contribution in [-0.2, 0) is 9.47 Å². The fourth-order valence-electron chi connectivity index (χ4n) is 3.14. The number of nitrogens with one attached hydrogen (secondary N) is 1. The maximum absolute atomic E-state index is 6.02. The van der Waals surface area contributed by atoms with Crippen molar-refractivity contribution in [3.63, 3.8) is 0 Å². The number of fused-ring (bicyclic) bond motifs is 3. The van der Waals surface area contributed by atoms with E-state index in [4.69, 9.17) is 9.47 Å². The first-order valence-corrected chi connectivity index (χ1v) is 7.59. The fourth-order valence-corrected chi connectivity index (χ4v) is 3.57. The highest BCUT2D eigenvalue weighted by Gasteiger charge is 2.48. The molecule has 2 heterocycles. The Kier molecular flexibility index (Phi) is 2.84. The summed E-state index contributed by atoms with van der Waals surface area (Å²) < 4.78 is 12.5. The Morgan fingerprint density at radius 1 is 1.24 bits per heavy atom. The van der Waals surface area contributed by atoms with Gasteiger partial charge in [-0.2, -0.15) is 0 Å². The first kappa shape index (κ1) is 12.9. The van der Waals surface area contributed by atoms with Gasteiger partial charge in [0.05, 0.1) is 5.69 Å². The van der Waals surface area contributed by atoms with Crippen LogP contribution in [0.2, 0.25) is 0 Å². The minimum Gasteiger partial charge on any atom is -0.455 e. The summed E-state index contributed by atoms with van der Waals surface area (Å²) in [6.45, 7) is 0. The van der Waals surface area contributed by atoms with Gasteiger partial charge < -0.3 is 14.8 Å². The van der Waals surface area contributed by atoms with E-state index < -0.39 is 5.72 Å². The van der Waals surface area contributed by atoms with Crippen LogP contribution in [-0.4, -0.2) is 12.8 Å². The Balaban J connectivity index is 1.91. The molecule has 2 aliphatic heterocycles. The van der Waals surface area contributed by atoms with Gasteiger partial charge >= 0.3 is 0 Å². The molecular formula is C17H14BrNO2. The van der Waals surface area contributed by atoms with E-state index in [-0.39, 0.29) is 6.10 Å². The van der Waals surface area contributed by atoms with Crippen molar-refractivity contribution < 1.29 is 9.47 Å². The number of hydrogen-bond donors (Lipinski definition) is 1. The monoisotopic (exact) mass is 343 g/mol. The van der Waals surface area contributed by atoms with E-state index in [0.717, 1.165) is 11.3 Å². The maximum atomic E-state index is 6.02. The molecule has 106 valence electrons. The molecule has 2 aliphatic rings. The van der Waals surface area contributed by atoms with Crippen molar-refractivity contribution >= 4 is 32.4 Å². The first-order valence-electron chi connectivity index (χ1n) is 6.80. The van der Waals surface area contributed by atoms with E-state index in [9.17, 15) is 0 Å². The standard InChI is InChI=1S/C17H14BrNO2/c1-20-16-13-9-8-11-5-2-3-6-12(11)15(13)19-17(16)10-4-7-14(18)21-17/h2-10,16,19H,1H3. The Morgan fingerprint density at radius 3 is 2.90 bits per heavy atom. The van der Waals surface area contributed by atoms with Crippen molar-refractivity contribution in [2.45, 2.75) is 11.8 Å². The van der Waals surface area contributed by atoms with Gasteiger partial charge in [-0.05, 0) is 33.5 Å². The van der Waals surface area contributed by atoms with Crippen LogP contribution in [0.3, 0.4) is 0 Å². The second kappa shape index (κ2) is 4.61. The molecule has 0 amide bonds. The molecule has 0 radical (unpaired) electrons. The summed E-state index contributed by atoms with van der Waals surface area (Å²) >= 11 is 3.42. The predicted octanol–water partition coefficient (Wildman–Crippen LogP) is 4.47. The molecule has 4 rings (SSSR count). The third-order valence-corrected chi connectivity index (χ3v) is 4.45. The van der Waals surface area contributed by atoms with Crippen LogP contribution in [0, 0.1) is 0 Å². The number of hydrogen-bond acceptors (Lipinski definition) is 3. The summed E-state index contributed by atoms with van der Waals surface area (Å²) in [7, 11) is 1.71. The topological polar surface area (TPSA) is 30.5 Å². The lowest BCUT2D eigenvalue weighted by atomic mass is 9.99. The molecule has 0 aliphatic carbocycles. The molecule has 0 saturated carbocycles. The minimum absolute atomic E-state index is 0.199. The molecule has 2 atom stereocenters. The Morgan fingerprint density at radius 2 is 2.10 bits per heavy atom. The third kappa shape index (κ3) is 1.83. The van der Waals surface area contributed by atoms with Crippen molar-refractivity contribution in [2.75, 3.05) is 12.4 Å². The second-order valence-electron chi connectivity index (χ2n) is 5.22. The third-order valence-electron chi connectivity index (χ3n) is 4.03. The number of benzene rings is 2. The van der Waals surface area contributed by atoms with Crippen LogP contribution in [0.5, 0.6) is 0 Å². The largest absolute Gasteiger partial charge is 0.455 e. The molecule has 1 spiro atoms. The molecule has 2 aromatic carbocycles. The zero-order chi connectivity index (χ0) is 14.4. The Labute approximate surface area is 131 Å². The highest BCUT2D eigenvalue weighted by molar-refractivity contribution is 9.11. The summed E-state index contributed by atoms with van der Waals surface area (Å²) in [5.74, 6) is 0. The first-order chi connectivity index (χ1) is 10.2. The van der Waals surface area contributed by atoms with Crippen LogP contribution in [0.4, 0.5) is 5.69 Å². The van der Waals surface area contributed by atoms with Crippen molar-refractivity contribution in [2.24, 2.45) is 0 Å². The number of rotatable bonds is 1. The van der Waals surface area contributed by atoms with Gasteiger partial charge in [0.25, 0.3) is 0 Å². The summed E-state index contributed by atoms with van der Waals surface area (Å²) in [5.41, 5.74) is 1.49. The zero-order valence-electron chi connectivity index (χ0n) is 11.5. The fraction of sp³-hybridized carbons (Fsp3) is 0.176. The molecule has 0 aromatic heterocycles. The zero-order valence-corrected chi connectivity index (χ0v) is 13.1. The van der Waals surface area contributed by atoms with E-state index in [0.29, 0.717) is 4.67 Å². The quantitative estimate of drug-likeness (QED) is 0.828. The van der Waals surface area contributed by atoms with Gasteiger partial charge in [-0.25, -0.2) is 0 Å². The summed E-state index contributed by atoms with van der Waals surface area (Å²) in [4.78, 5) is 0. The molecular weight excluding hydrogens is 330 g/mol. The van der Waals surface area contributed by atoms with Gasteiger partial charge in [0.15, 0.2) is 4.67 Å². The van der Waals surface area contributed by atoms with Crippen LogP contribution >= 0.6 is 15.9 Å². The van der Waals surface area contributed by atoms with E-state index in [1.54, 1.807) is 7.11 Å². The molecule has 1 N–H and O–H groups in total. The van der Waals surface area contributed by atoms with E-state index >= 15 is 0 Å². The molecule has 21 heavy (non-hydrogen) atoms. The lowest BCUT2D eigenvalue weighted by Crippen LogP contribution is -2.41. The molecule has 4 heteroatoms. The number of anilines is 1. The van der Waals surface area contributed by atoms with Crippen molar-refractivity contribution in [1.29, 1.82) is 0 Å². The molecule has 2 unspecified atom stereocenters. The number of methoxy groups -OCH3 is 1. The van der Waals surface area contributed by atoms with Crippen LogP contribution < -0.4 is 5.32 Å². The molecule has 0 bridgehead atoms. The number of halogens is 1. The van der Waals surface area contributed by atoms with Crippen molar-refractivity contribution in [3.8, 4) is 0 Å². The number of ether oxygens (including phenoxy) is 2. The van der Waals surface area contributed by atoms with Gasteiger partial charge in [0, 0.05) is 18.1 Å². The van der Waals surface area contributed by atoms with Crippen molar-refractivity contribution in [1.82, 2.24) is 0 Å². The van der Waals surface area contributed by atoms with Gasteiger partial charge in [-0.1, -0.05) is 42.5 Å². The summed E-state index contributed by atoms with van der Waals surface area (Å²) in [5, 5.41) is 5.90. The average molecular weight is 344 g/mol. The van der Waals surface area contributed by atoms with E-state index in [2.05, 4.69) is 45.5 Å². The molecule has 3 nitrogen and oxygen atoms in total. The SMILES string of the molecule is COC1c2ccc3ccccc3c2NC12C=CC=C(Br)O2. The lowest BCUT2D eigenvalue weighted by Gasteiger charge is -2.34. The van der Waals surface area contributed by atoms with E-state index in [1.165, 1.54) is 10.8 Å². The molecule has 0 saturated heterocycles. The second-order valence-corrected chi connectivity index (χ2v) is 6.00. The highest BCUT2D eigenvalue weighted by atomic mass is 79.9. The van der Waals surface area contributed by atoms with E-state index in [1.807, 2.05) is 30.4 Å². The smallest absolute Gasteiger partial charge is 0.231 e. The number of allylic oxidation sites excluding steroid dienone is 2. The van der Waals surface area contributed by atoms with Crippen molar-refractivity contribution in [3.05, 3.63) is 64.9 Å². The van der Waals surface area contributed by atoms with Gasteiger partial charge in [-0.3, -0.25) is 0 Å². The summed E-state index contributed by atoms with van der Waals surface area (Å²) in [6.07, 6.45) is 5.65. The van der Waals surface area contributed by atoms with Crippen LogP contribution in [0.1, 0.15) is 11.7 Å². The van der Waals surface area contributed by atoms with Crippen LogP contribution in [0.25, 0.3) is 10.8 Å². The normalized spacial score (nSPS) is 26.4. The lowest BCUT2D eigenvalue weighted by molar-refractivity contribution is -0.0505. The Hall–Kier alpha value is -1.78. The molecule has 0 fully saturated rings. The maximum Gasteiger partial charge on any atom is 0.231 e. The molecule has 2 aromatic rings. The van der Waals surface area contributed by atoms with Gasteiger partial charge in [-0.15, -0.1) is 0 Å². The van der Waals surface area contributed by atoms with Gasteiger partial charge in [0.2, 0.25) is 5.72 Å². The van der Waals surface area contributed by atoms with Crippen LogP contribution in [0.15, 0.2) is 59.3 Å². The summed E-state index contributed by atoms with van der Waals surface area (Å²) in [6, 6.07) is 12.5. The van der Waals surface area contributed by atoms with Gasteiger partial charge in [0.1, 0.15) is 6.10 Å².